The highest BCUT2D eigenvalue weighted by molar-refractivity contribution is 9.10. The number of rotatable bonds is 3. The second-order valence-corrected chi connectivity index (χ2v) is 4.40. The number of aromatic nitrogens is 2. The maximum absolute atomic E-state index is 11.8. The molecule has 0 atom stereocenters. The monoisotopic (exact) mass is 281 g/mol. The van der Waals surface area contributed by atoms with Gasteiger partial charge in [0.15, 0.2) is 0 Å². The summed E-state index contributed by atoms with van der Waals surface area (Å²) in [5.74, 6) is 0.690. The topological polar surface area (TPSA) is 71.8 Å². The molecule has 84 valence electrons. The number of para-hydroxylation sites is 1. The van der Waals surface area contributed by atoms with Crippen molar-refractivity contribution in [2.75, 3.05) is 6.54 Å². The van der Waals surface area contributed by atoms with Gasteiger partial charge in [-0.05, 0) is 41.0 Å². The molecular formula is C11H12BrN3O. The van der Waals surface area contributed by atoms with E-state index in [0.717, 1.165) is 10.9 Å². The predicted molar refractivity (Wildman–Crippen MR) is 67.4 cm³/mol. The number of fused-ring (bicyclic) bond motifs is 1. The minimum Gasteiger partial charge on any atom is -0.330 e. The molecule has 3 N–H and O–H groups in total. The van der Waals surface area contributed by atoms with Crippen LogP contribution in [0.5, 0.6) is 0 Å². The molecule has 2 rings (SSSR count). The lowest BCUT2D eigenvalue weighted by Crippen LogP contribution is -2.13. The third-order valence-electron chi connectivity index (χ3n) is 2.35. The van der Waals surface area contributed by atoms with Crippen LogP contribution in [0.3, 0.4) is 0 Å². The fourth-order valence-corrected chi connectivity index (χ4v) is 2.02. The van der Waals surface area contributed by atoms with Crippen LogP contribution in [0.15, 0.2) is 27.5 Å². The van der Waals surface area contributed by atoms with Crippen LogP contribution < -0.4 is 11.3 Å². The van der Waals surface area contributed by atoms with Crippen molar-refractivity contribution in [3.05, 3.63) is 38.9 Å². The van der Waals surface area contributed by atoms with E-state index in [-0.39, 0.29) is 5.56 Å². The number of nitrogens with zero attached hydrogens (tertiary/aromatic N) is 1. The molecule has 0 saturated carbocycles. The van der Waals surface area contributed by atoms with Crippen molar-refractivity contribution in [1.82, 2.24) is 9.97 Å². The molecular weight excluding hydrogens is 270 g/mol. The highest BCUT2D eigenvalue weighted by atomic mass is 79.9. The largest absolute Gasteiger partial charge is 0.330 e. The second kappa shape index (κ2) is 4.76. The Bertz CT molecular complexity index is 565. The van der Waals surface area contributed by atoms with Crippen LogP contribution in [0, 0.1) is 0 Å². The van der Waals surface area contributed by atoms with Gasteiger partial charge in [-0.3, -0.25) is 4.79 Å². The van der Waals surface area contributed by atoms with Gasteiger partial charge >= 0.3 is 0 Å². The number of aromatic amines is 1. The van der Waals surface area contributed by atoms with E-state index in [9.17, 15) is 4.79 Å². The van der Waals surface area contributed by atoms with Crippen molar-refractivity contribution >= 4 is 26.8 Å². The van der Waals surface area contributed by atoms with Gasteiger partial charge < -0.3 is 10.7 Å². The van der Waals surface area contributed by atoms with E-state index in [1.807, 2.05) is 12.1 Å². The number of hydrogen-bond donors (Lipinski definition) is 2. The zero-order valence-electron chi connectivity index (χ0n) is 8.66. The zero-order valence-corrected chi connectivity index (χ0v) is 10.3. The molecule has 0 aliphatic heterocycles. The normalized spacial score (nSPS) is 10.9. The van der Waals surface area contributed by atoms with Gasteiger partial charge in [-0.25, -0.2) is 4.98 Å². The van der Waals surface area contributed by atoms with E-state index in [4.69, 9.17) is 5.73 Å². The summed E-state index contributed by atoms with van der Waals surface area (Å²) in [5.41, 5.74) is 6.04. The second-order valence-electron chi connectivity index (χ2n) is 3.54. The van der Waals surface area contributed by atoms with E-state index in [1.54, 1.807) is 6.07 Å². The predicted octanol–water partition coefficient (Wildman–Crippen LogP) is 1.58. The summed E-state index contributed by atoms with van der Waals surface area (Å²) in [4.78, 5) is 19.0. The Morgan fingerprint density at radius 2 is 2.25 bits per heavy atom. The maximum Gasteiger partial charge on any atom is 0.258 e. The van der Waals surface area contributed by atoms with Gasteiger partial charge in [-0.1, -0.05) is 6.07 Å². The van der Waals surface area contributed by atoms with Crippen molar-refractivity contribution in [2.24, 2.45) is 5.73 Å². The van der Waals surface area contributed by atoms with Gasteiger partial charge in [0.25, 0.3) is 5.56 Å². The number of nitrogens with one attached hydrogen (secondary N) is 1. The molecule has 1 heterocycles. The Labute approximate surface area is 101 Å². The number of H-pyrrole nitrogens is 1. The van der Waals surface area contributed by atoms with Gasteiger partial charge in [0, 0.05) is 10.9 Å². The minimum atomic E-state index is -0.0988. The molecule has 0 spiro atoms. The zero-order chi connectivity index (χ0) is 11.5. The summed E-state index contributed by atoms with van der Waals surface area (Å²) in [6.07, 6.45) is 1.52. The molecule has 0 aliphatic rings. The number of aryl methyl sites for hydroxylation is 1. The molecule has 0 saturated heterocycles. The van der Waals surface area contributed by atoms with Crippen LogP contribution in [0.4, 0.5) is 0 Å². The Morgan fingerprint density at radius 3 is 3.00 bits per heavy atom. The molecule has 4 nitrogen and oxygen atoms in total. The van der Waals surface area contributed by atoms with Crippen molar-refractivity contribution in [3.8, 4) is 0 Å². The fraction of sp³-hybridized carbons (Fsp3) is 0.273. The summed E-state index contributed by atoms with van der Waals surface area (Å²) in [7, 11) is 0. The average molecular weight is 282 g/mol. The molecule has 0 radical (unpaired) electrons. The minimum absolute atomic E-state index is 0.0988. The van der Waals surface area contributed by atoms with Crippen molar-refractivity contribution < 1.29 is 0 Å². The highest BCUT2D eigenvalue weighted by Crippen LogP contribution is 2.19. The summed E-state index contributed by atoms with van der Waals surface area (Å²) in [5, 5.41) is 0.603. The molecule has 5 heteroatoms. The standard InChI is InChI=1S/C11H12BrN3O/c12-8-4-1-3-7-10(8)14-9(5-2-6-13)15-11(7)16/h1,3-4H,2,5-6,13H2,(H,14,15,16). The van der Waals surface area contributed by atoms with Crippen LogP contribution in [0.2, 0.25) is 0 Å². The molecule has 0 amide bonds. The third kappa shape index (κ3) is 2.15. The number of benzene rings is 1. The first-order valence-electron chi connectivity index (χ1n) is 5.10. The molecule has 0 unspecified atom stereocenters. The van der Waals surface area contributed by atoms with Crippen LogP contribution in [0.1, 0.15) is 12.2 Å². The smallest absolute Gasteiger partial charge is 0.258 e. The molecule has 0 fully saturated rings. The van der Waals surface area contributed by atoms with Crippen molar-refractivity contribution in [3.63, 3.8) is 0 Å². The quantitative estimate of drug-likeness (QED) is 0.897. The van der Waals surface area contributed by atoms with Crippen LogP contribution >= 0.6 is 15.9 Å². The van der Waals surface area contributed by atoms with Crippen molar-refractivity contribution in [2.45, 2.75) is 12.8 Å². The van der Waals surface area contributed by atoms with Gasteiger partial charge in [0.05, 0.1) is 10.9 Å². The fourth-order valence-electron chi connectivity index (χ4n) is 1.56. The summed E-state index contributed by atoms with van der Waals surface area (Å²) < 4.78 is 0.838. The van der Waals surface area contributed by atoms with Gasteiger partial charge in [0.1, 0.15) is 5.82 Å². The first-order chi connectivity index (χ1) is 7.72. The van der Waals surface area contributed by atoms with Gasteiger partial charge in [0.2, 0.25) is 0 Å². The lowest BCUT2D eigenvalue weighted by molar-refractivity contribution is 0.782. The van der Waals surface area contributed by atoms with Crippen LogP contribution in [-0.4, -0.2) is 16.5 Å². The van der Waals surface area contributed by atoms with E-state index in [2.05, 4.69) is 25.9 Å². The summed E-state index contributed by atoms with van der Waals surface area (Å²) >= 11 is 3.39. The summed E-state index contributed by atoms with van der Waals surface area (Å²) in [6.45, 7) is 0.595. The van der Waals surface area contributed by atoms with Gasteiger partial charge in [-0.2, -0.15) is 0 Å². The van der Waals surface area contributed by atoms with E-state index in [1.165, 1.54) is 0 Å². The first kappa shape index (κ1) is 11.3. The Kier molecular flexibility index (Phi) is 3.36. The number of halogens is 1. The van der Waals surface area contributed by atoms with Gasteiger partial charge in [-0.15, -0.1) is 0 Å². The van der Waals surface area contributed by atoms with E-state index >= 15 is 0 Å². The summed E-state index contributed by atoms with van der Waals surface area (Å²) in [6, 6.07) is 5.46. The number of nitrogens with two attached hydrogens (primary N) is 1. The Hall–Kier alpha value is -1.20. The van der Waals surface area contributed by atoms with E-state index in [0.29, 0.717) is 29.7 Å². The molecule has 0 bridgehead atoms. The lowest BCUT2D eigenvalue weighted by atomic mass is 10.2. The maximum atomic E-state index is 11.8. The SMILES string of the molecule is NCCCc1nc2c(Br)cccc2c(=O)[nH]1. The molecule has 0 aliphatic carbocycles. The Morgan fingerprint density at radius 1 is 1.44 bits per heavy atom. The van der Waals surface area contributed by atoms with Crippen LogP contribution in [-0.2, 0) is 6.42 Å². The number of hydrogen-bond acceptors (Lipinski definition) is 3. The molecule has 16 heavy (non-hydrogen) atoms. The lowest BCUT2D eigenvalue weighted by Gasteiger charge is -2.03. The molecule has 1 aromatic carbocycles. The highest BCUT2D eigenvalue weighted by Gasteiger charge is 2.05. The van der Waals surface area contributed by atoms with Crippen molar-refractivity contribution in [1.29, 1.82) is 0 Å². The van der Waals surface area contributed by atoms with Crippen LogP contribution in [0.25, 0.3) is 10.9 Å². The Balaban J connectivity index is 2.57. The average Bonchev–Trinajstić information content (AvgIpc) is 2.28. The molecule has 1 aromatic heterocycles. The first-order valence-corrected chi connectivity index (χ1v) is 5.89. The van der Waals surface area contributed by atoms with E-state index < -0.39 is 0 Å². The molecule has 2 aromatic rings. The third-order valence-corrected chi connectivity index (χ3v) is 2.99.